The molecule has 1 saturated heterocycles. The smallest absolute Gasteiger partial charge is 0.231 e. The van der Waals surface area contributed by atoms with E-state index in [0.29, 0.717) is 25.3 Å². The van der Waals surface area contributed by atoms with Crippen LogP contribution >= 0.6 is 0 Å². The van der Waals surface area contributed by atoms with Crippen molar-refractivity contribution in [3.8, 4) is 17.2 Å². The van der Waals surface area contributed by atoms with Gasteiger partial charge in [0.25, 0.3) is 0 Å². The SMILES string of the molecule is COc1cc2c(cc1CN(Cc1ccccn1)C[C@@H]1CCC(=O)N1)OCO2. The number of hydrogen-bond donors (Lipinski definition) is 1. The van der Waals surface area contributed by atoms with E-state index in [-0.39, 0.29) is 18.7 Å². The van der Waals surface area contributed by atoms with Crippen molar-refractivity contribution < 1.29 is 19.0 Å². The number of nitrogens with one attached hydrogen (secondary N) is 1. The highest BCUT2D eigenvalue weighted by molar-refractivity contribution is 5.78. The summed E-state index contributed by atoms with van der Waals surface area (Å²) in [7, 11) is 1.65. The zero-order valence-electron chi connectivity index (χ0n) is 15.3. The van der Waals surface area contributed by atoms with Crippen LogP contribution in [0.5, 0.6) is 17.2 Å². The number of nitrogens with zero attached hydrogens (tertiary/aromatic N) is 2. The summed E-state index contributed by atoms with van der Waals surface area (Å²) in [5.74, 6) is 2.33. The van der Waals surface area contributed by atoms with Crippen molar-refractivity contribution in [1.29, 1.82) is 0 Å². The lowest BCUT2D eigenvalue weighted by atomic mass is 10.1. The van der Waals surface area contributed by atoms with Crippen molar-refractivity contribution in [1.82, 2.24) is 15.2 Å². The Morgan fingerprint density at radius 3 is 2.81 bits per heavy atom. The molecule has 0 saturated carbocycles. The summed E-state index contributed by atoms with van der Waals surface area (Å²) in [6.07, 6.45) is 3.25. The molecule has 27 heavy (non-hydrogen) atoms. The first-order chi connectivity index (χ1) is 13.2. The van der Waals surface area contributed by atoms with Crippen LogP contribution < -0.4 is 19.5 Å². The lowest BCUT2D eigenvalue weighted by Gasteiger charge is -2.26. The fourth-order valence-corrected chi connectivity index (χ4v) is 3.55. The van der Waals surface area contributed by atoms with Gasteiger partial charge >= 0.3 is 0 Å². The molecule has 2 aromatic rings. The van der Waals surface area contributed by atoms with Gasteiger partial charge in [-0.1, -0.05) is 6.07 Å². The van der Waals surface area contributed by atoms with Crippen molar-refractivity contribution in [2.24, 2.45) is 0 Å². The highest BCUT2D eigenvalue weighted by atomic mass is 16.7. The number of amides is 1. The van der Waals surface area contributed by atoms with E-state index in [1.54, 1.807) is 13.3 Å². The normalized spacial score (nSPS) is 18.0. The number of aromatic nitrogens is 1. The summed E-state index contributed by atoms with van der Waals surface area (Å²) in [4.78, 5) is 18.3. The molecule has 142 valence electrons. The second-order valence-electron chi connectivity index (χ2n) is 6.81. The number of methoxy groups -OCH3 is 1. The van der Waals surface area contributed by atoms with Gasteiger partial charge in [0.1, 0.15) is 5.75 Å². The van der Waals surface area contributed by atoms with Gasteiger partial charge in [-0.25, -0.2) is 0 Å². The van der Waals surface area contributed by atoms with Gasteiger partial charge in [0.2, 0.25) is 12.7 Å². The number of hydrogen-bond acceptors (Lipinski definition) is 6. The van der Waals surface area contributed by atoms with Crippen LogP contribution in [0.25, 0.3) is 0 Å². The minimum Gasteiger partial charge on any atom is -0.496 e. The van der Waals surface area contributed by atoms with Crippen LogP contribution in [0, 0.1) is 0 Å². The van der Waals surface area contributed by atoms with Crippen LogP contribution in [-0.4, -0.2) is 42.3 Å². The Morgan fingerprint density at radius 1 is 1.26 bits per heavy atom. The van der Waals surface area contributed by atoms with E-state index < -0.39 is 0 Å². The number of carbonyl (C=O) groups is 1. The van der Waals surface area contributed by atoms with Crippen LogP contribution in [0.15, 0.2) is 36.5 Å². The zero-order valence-corrected chi connectivity index (χ0v) is 15.3. The van der Waals surface area contributed by atoms with Gasteiger partial charge < -0.3 is 19.5 Å². The predicted octanol–water partition coefficient (Wildman–Crippen LogP) is 2.10. The average Bonchev–Trinajstić information content (AvgIpc) is 3.30. The third-order valence-corrected chi connectivity index (χ3v) is 4.84. The van der Waals surface area contributed by atoms with Crippen LogP contribution in [0.3, 0.4) is 0 Å². The molecule has 0 aliphatic carbocycles. The quantitative estimate of drug-likeness (QED) is 0.806. The van der Waals surface area contributed by atoms with Crippen LogP contribution in [0.4, 0.5) is 0 Å². The average molecular weight is 369 g/mol. The predicted molar refractivity (Wildman–Crippen MR) is 98.6 cm³/mol. The molecule has 1 amide bonds. The third kappa shape index (κ3) is 4.14. The first-order valence-electron chi connectivity index (χ1n) is 9.09. The number of carbonyl (C=O) groups excluding carboxylic acids is 1. The second kappa shape index (κ2) is 7.84. The molecule has 1 fully saturated rings. The molecule has 0 unspecified atom stereocenters. The summed E-state index contributed by atoms with van der Waals surface area (Å²) in [5.41, 5.74) is 2.00. The second-order valence-corrected chi connectivity index (χ2v) is 6.81. The van der Waals surface area contributed by atoms with E-state index in [2.05, 4.69) is 15.2 Å². The summed E-state index contributed by atoms with van der Waals surface area (Å²) < 4.78 is 16.5. The molecule has 2 aliphatic heterocycles. The maximum absolute atomic E-state index is 11.6. The Kier molecular flexibility index (Phi) is 5.11. The number of pyridine rings is 1. The largest absolute Gasteiger partial charge is 0.496 e. The fraction of sp³-hybridized carbons (Fsp3) is 0.400. The molecule has 1 aromatic heterocycles. The van der Waals surface area contributed by atoms with Gasteiger partial charge in [0.05, 0.1) is 12.8 Å². The van der Waals surface area contributed by atoms with Gasteiger partial charge in [-0.2, -0.15) is 0 Å². The van der Waals surface area contributed by atoms with Crippen LogP contribution in [0.2, 0.25) is 0 Å². The minimum absolute atomic E-state index is 0.124. The Bertz CT molecular complexity index is 812. The van der Waals surface area contributed by atoms with Crippen molar-refractivity contribution >= 4 is 5.91 Å². The van der Waals surface area contributed by atoms with Gasteiger partial charge in [0.15, 0.2) is 11.5 Å². The standard InChI is InChI=1S/C20H23N3O4/c1-25-17-9-19-18(26-13-27-19)8-14(17)10-23(11-15-4-2-3-7-21-15)12-16-5-6-20(24)22-16/h2-4,7-9,16H,5-6,10-13H2,1H3,(H,22,24)/t16-/m0/s1. The number of benzene rings is 1. The molecule has 2 aliphatic rings. The van der Waals surface area contributed by atoms with E-state index in [9.17, 15) is 4.79 Å². The molecule has 0 bridgehead atoms. The van der Waals surface area contributed by atoms with Crippen molar-refractivity contribution in [3.63, 3.8) is 0 Å². The molecular weight excluding hydrogens is 346 g/mol. The van der Waals surface area contributed by atoms with Crippen LogP contribution in [-0.2, 0) is 17.9 Å². The first kappa shape index (κ1) is 17.6. The molecule has 1 N–H and O–H groups in total. The van der Waals surface area contributed by atoms with Gasteiger partial charge in [-0.15, -0.1) is 0 Å². The highest BCUT2D eigenvalue weighted by Crippen LogP contribution is 2.38. The maximum atomic E-state index is 11.6. The van der Waals surface area contributed by atoms with Crippen molar-refractivity contribution in [2.75, 3.05) is 20.4 Å². The number of ether oxygens (including phenoxy) is 3. The van der Waals surface area contributed by atoms with E-state index in [1.165, 1.54) is 0 Å². The summed E-state index contributed by atoms with van der Waals surface area (Å²) >= 11 is 0. The van der Waals surface area contributed by atoms with E-state index in [4.69, 9.17) is 14.2 Å². The minimum atomic E-state index is 0.124. The van der Waals surface area contributed by atoms with Gasteiger partial charge in [0, 0.05) is 49.9 Å². The lowest BCUT2D eigenvalue weighted by Crippen LogP contribution is -2.38. The Morgan fingerprint density at radius 2 is 2.11 bits per heavy atom. The van der Waals surface area contributed by atoms with Crippen molar-refractivity contribution in [2.45, 2.75) is 32.0 Å². The molecule has 1 aromatic carbocycles. The molecule has 4 rings (SSSR count). The fourth-order valence-electron chi connectivity index (χ4n) is 3.55. The van der Waals surface area contributed by atoms with E-state index in [0.717, 1.165) is 35.7 Å². The lowest BCUT2D eigenvalue weighted by molar-refractivity contribution is -0.119. The van der Waals surface area contributed by atoms with Gasteiger partial charge in [-0.05, 0) is 24.6 Å². The molecule has 1 atom stereocenters. The molecule has 7 heteroatoms. The molecule has 3 heterocycles. The topological polar surface area (TPSA) is 72.9 Å². The Labute approximate surface area is 158 Å². The number of rotatable bonds is 7. The molecule has 0 radical (unpaired) electrons. The first-order valence-corrected chi connectivity index (χ1v) is 9.09. The summed E-state index contributed by atoms with van der Waals surface area (Å²) in [5, 5.41) is 3.05. The van der Waals surface area contributed by atoms with Crippen LogP contribution in [0.1, 0.15) is 24.1 Å². The molecule has 7 nitrogen and oxygen atoms in total. The van der Waals surface area contributed by atoms with Crippen molar-refractivity contribution in [3.05, 3.63) is 47.8 Å². The number of fused-ring (bicyclic) bond motifs is 1. The van der Waals surface area contributed by atoms with E-state index >= 15 is 0 Å². The maximum Gasteiger partial charge on any atom is 0.231 e. The Hall–Kier alpha value is -2.80. The Balaban J connectivity index is 1.55. The van der Waals surface area contributed by atoms with Gasteiger partial charge in [-0.3, -0.25) is 14.7 Å². The summed E-state index contributed by atoms with van der Waals surface area (Å²) in [6.45, 7) is 2.32. The third-order valence-electron chi connectivity index (χ3n) is 4.84. The van der Waals surface area contributed by atoms with E-state index in [1.807, 2.05) is 30.3 Å². The highest BCUT2D eigenvalue weighted by Gasteiger charge is 2.25. The molecular formula is C20H23N3O4. The monoisotopic (exact) mass is 369 g/mol. The zero-order chi connectivity index (χ0) is 18.6. The molecule has 0 spiro atoms. The summed E-state index contributed by atoms with van der Waals surface area (Å²) in [6, 6.07) is 9.90.